The van der Waals surface area contributed by atoms with Crippen LogP contribution in [0.2, 0.25) is 0 Å². The molecule has 0 bridgehead atoms. The third-order valence-electron chi connectivity index (χ3n) is 4.12. The molecular formula is C15H28N4. The summed E-state index contributed by atoms with van der Waals surface area (Å²) in [7, 11) is 6.33. The fraction of sp³-hybridized carbons (Fsp3) is 0.800. The van der Waals surface area contributed by atoms with Crippen molar-refractivity contribution in [2.24, 2.45) is 13.0 Å². The quantitative estimate of drug-likeness (QED) is 0.812. The van der Waals surface area contributed by atoms with Gasteiger partial charge in [-0.1, -0.05) is 13.3 Å². The first-order chi connectivity index (χ1) is 9.06. The molecule has 1 aromatic heterocycles. The van der Waals surface area contributed by atoms with Gasteiger partial charge in [-0.2, -0.15) is 5.10 Å². The molecule has 1 aliphatic rings. The average molecular weight is 264 g/mol. The lowest BCUT2D eigenvalue weighted by molar-refractivity contribution is 0.0864. The van der Waals surface area contributed by atoms with E-state index in [2.05, 4.69) is 42.1 Å². The van der Waals surface area contributed by atoms with Crippen molar-refractivity contribution in [2.45, 2.75) is 38.8 Å². The molecule has 0 N–H and O–H groups in total. The fourth-order valence-electron chi connectivity index (χ4n) is 3.34. The second kappa shape index (κ2) is 6.53. The van der Waals surface area contributed by atoms with Gasteiger partial charge in [-0.05, 0) is 39.4 Å². The number of nitrogens with zero attached hydrogens (tertiary/aromatic N) is 4. The van der Waals surface area contributed by atoms with E-state index in [1.807, 2.05) is 17.9 Å². The van der Waals surface area contributed by atoms with Gasteiger partial charge in [0.1, 0.15) is 0 Å². The minimum absolute atomic E-state index is 0.719. The normalized spacial score (nSPS) is 22.9. The topological polar surface area (TPSA) is 24.3 Å². The van der Waals surface area contributed by atoms with Gasteiger partial charge in [0, 0.05) is 37.9 Å². The Kier molecular flexibility index (Phi) is 4.99. The highest BCUT2D eigenvalue weighted by Gasteiger charge is 2.27. The highest BCUT2D eigenvalue weighted by molar-refractivity contribution is 5.04. The monoisotopic (exact) mass is 264 g/mol. The maximum atomic E-state index is 4.28. The number of aromatic nitrogens is 2. The molecule has 19 heavy (non-hydrogen) atoms. The van der Waals surface area contributed by atoms with E-state index < -0.39 is 0 Å². The number of piperidine rings is 1. The molecule has 108 valence electrons. The van der Waals surface area contributed by atoms with E-state index in [-0.39, 0.29) is 0 Å². The van der Waals surface area contributed by atoms with Crippen LogP contribution in [0.15, 0.2) is 12.4 Å². The first-order valence-electron chi connectivity index (χ1n) is 7.42. The molecule has 4 heteroatoms. The Morgan fingerprint density at radius 2 is 2.21 bits per heavy atom. The smallest absolute Gasteiger partial charge is 0.0534 e. The first kappa shape index (κ1) is 14.5. The van der Waals surface area contributed by atoms with Crippen molar-refractivity contribution < 1.29 is 0 Å². The zero-order chi connectivity index (χ0) is 13.8. The van der Waals surface area contributed by atoms with Crippen LogP contribution >= 0.6 is 0 Å². The summed E-state index contributed by atoms with van der Waals surface area (Å²) in [5.41, 5.74) is 1.34. The van der Waals surface area contributed by atoms with E-state index in [1.165, 1.54) is 37.9 Å². The Morgan fingerprint density at radius 3 is 2.84 bits per heavy atom. The van der Waals surface area contributed by atoms with Crippen LogP contribution < -0.4 is 0 Å². The zero-order valence-electron chi connectivity index (χ0n) is 12.8. The number of rotatable bonds is 5. The SMILES string of the molecule is CC(CN(C)C)C1CCCCN1Cc1cnn(C)c1. The van der Waals surface area contributed by atoms with Crippen LogP contribution in [-0.4, -0.2) is 52.8 Å². The molecule has 0 aliphatic carbocycles. The molecule has 0 radical (unpaired) electrons. The van der Waals surface area contributed by atoms with E-state index in [4.69, 9.17) is 0 Å². The van der Waals surface area contributed by atoms with Gasteiger partial charge in [-0.25, -0.2) is 0 Å². The third kappa shape index (κ3) is 4.05. The largest absolute Gasteiger partial charge is 0.309 e. The van der Waals surface area contributed by atoms with Gasteiger partial charge in [0.05, 0.1) is 6.20 Å². The summed E-state index contributed by atoms with van der Waals surface area (Å²) in [6.07, 6.45) is 8.21. The Morgan fingerprint density at radius 1 is 1.42 bits per heavy atom. The van der Waals surface area contributed by atoms with Gasteiger partial charge in [-0.15, -0.1) is 0 Å². The van der Waals surface area contributed by atoms with Crippen molar-refractivity contribution >= 4 is 0 Å². The highest BCUT2D eigenvalue weighted by atomic mass is 15.2. The maximum Gasteiger partial charge on any atom is 0.0534 e. The molecule has 2 atom stereocenters. The van der Waals surface area contributed by atoms with Gasteiger partial charge in [-0.3, -0.25) is 9.58 Å². The summed E-state index contributed by atoms with van der Waals surface area (Å²) in [4.78, 5) is 4.97. The molecule has 2 unspecified atom stereocenters. The van der Waals surface area contributed by atoms with Crippen LogP contribution in [0.25, 0.3) is 0 Å². The minimum Gasteiger partial charge on any atom is -0.309 e. The van der Waals surface area contributed by atoms with Crippen molar-refractivity contribution in [3.05, 3.63) is 18.0 Å². The number of aryl methyl sites for hydroxylation is 1. The van der Waals surface area contributed by atoms with Crippen LogP contribution in [0.4, 0.5) is 0 Å². The molecule has 0 amide bonds. The fourth-order valence-corrected chi connectivity index (χ4v) is 3.34. The zero-order valence-corrected chi connectivity index (χ0v) is 12.8. The van der Waals surface area contributed by atoms with Crippen molar-refractivity contribution in [1.29, 1.82) is 0 Å². The summed E-state index contributed by atoms with van der Waals surface area (Å²) in [6, 6.07) is 0.719. The molecule has 1 aromatic rings. The second-order valence-corrected chi connectivity index (χ2v) is 6.30. The first-order valence-corrected chi connectivity index (χ1v) is 7.42. The Hall–Kier alpha value is -0.870. The lowest BCUT2D eigenvalue weighted by atomic mass is 9.91. The van der Waals surface area contributed by atoms with E-state index in [1.54, 1.807) is 0 Å². The summed E-state index contributed by atoms with van der Waals surface area (Å²) < 4.78 is 1.90. The third-order valence-corrected chi connectivity index (χ3v) is 4.12. The van der Waals surface area contributed by atoms with Crippen molar-refractivity contribution in [3.8, 4) is 0 Å². The van der Waals surface area contributed by atoms with Crippen molar-refractivity contribution in [2.75, 3.05) is 27.2 Å². The number of likely N-dealkylation sites (tertiary alicyclic amines) is 1. The minimum atomic E-state index is 0.719. The summed E-state index contributed by atoms with van der Waals surface area (Å²) in [6.45, 7) is 5.86. The van der Waals surface area contributed by atoms with Gasteiger partial charge in [0.25, 0.3) is 0 Å². The molecule has 2 heterocycles. The van der Waals surface area contributed by atoms with Crippen LogP contribution in [0.5, 0.6) is 0 Å². The molecule has 1 aliphatic heterocycles. The van der Waals surface area contributed by atoms with Crippen LogP contribution in [-0.2, 0) is 13.6 Å². The van der Waals surface area contributed by atoms with Gasteiger partial charge < -0.3 is 4.90 Å². The van der Waals surface area contributed by atoms with Gasteiger partial charge >= 0.3 is 0 Å². The Labute approximate surface area is 117 Å². The van der Waals surface area contributed by atoms with Crippen LogP contribution in [0, 0.1) is 5.92 Å². The lowest BCUT2D eigenvalue weighted by Crippen LogP contribution is -2.45. The summed E-state index contributed by atoms with van der Waals surface area (Å²) >= 11 is 0. The number of hydrogen-bond acceptors (Lipinski definition) is 3. The molecular weight excluding hydrogens is 236 g/mol. The van der Waals surface area contributed by atoms with Crippen molar-refractivity contribution in [3.63, 3.8) is 0 Å². The van der Waals surface area contributed by atoms with Gasteiger partial charge in [0.2, 0.25) is 0 Å². The molecule has 0 spiro atoms. The molecule has 1 fully saturated rings. The molecule has 0 saturated carbocycles. The predicted octanol–water partition coefficient (Wildman–Crippen LogP) is 1.97. The summed E-state index contributed by atoms with van der Waals surface area (Å²) in [5, 5.41) is 4.28. The molecule has 1 saturated heterocycles. The van der Waals surface area contributed by atoms with Crippen molar-refractivity contribution in [1.82, 2.24) is 19.6 Å². The lowest BCUT2D eigenvalue weighted by Gasteiger charge is -2.40. The van der Waals surface area contributed by atoms with E-state index in [9.17, 15) is 0 Å². The van der Waals surface area contributed by atoms with Crippen LogP contribution in [0.3, 0.4) is 0 Å². The predicted molar refractivity (Wildman–Crippen MR) is 79.0 cm³/mol. The molecule has 0 aromatic carbocycles. The average Bonchev–Trinajstić information content (AvgIpc) is 2.74. The number of hydrogen-bond donors (Lipinski definition) is 0. The van der Waals surface area contributed by atoms with E-state index in [0.717, 1.165) is 18.5 Å². The molecule has 2 rings (SSSR count). The standard InChI is InChI=1S/C15H28N4/c1-13(10-17(2)3)15-7-5-6-8-19(15)12-14-9-16-18(4)11-14/h9,11,13,15H,5-8,10,12H2,1-4H3. The Balaban J connectivity index is 1.99. The van der Waals surface area contributed by atoms with E-state index >= 15 is 0 Å². The van der Waals surface area contributed by atoms with E-state index in [0.29, 0.717) is 0 Å². The Bertz CT molecular complexity index is 385. The highest BCUT2D eigenvalue weighted by Crippen LogP contribution is 2.25. The maximum absolute atomic E-state index is 4.28. The molecule has 4 nitrogen and oxygen atoms in total. The summed E-state index contributed by atoms with van der Waals surface area (Å²) in [5.74, 6) is 0.729. The van der Waals surface area contributed by atoms with Gasteiger partial charge in [0.15, 0.2) is 0 Å². The van der Waals surface area contributed by atoms with Crippen LogP contribution in [0.1, 0.15) is 31.7 Å². The second-order valence-electron chi connectivity index (χ2n) is 6.30.